The van der Waals surface area contributed by atoms with E-state index in [4.69, 9.17) is 4.74 Å². The Hall–Kier alpha value is -2.02. The van der Waals surface area contributed by atoms with Crippen molar-refractivity contribution in [1.29, 1.82) is 0 Å². The smallest absolute Gasteiger partial charge is 0.339 e. The van der Waals surface area contributed by atoms with Crippen molar-refractivity contribution in [3.63, 3.8) is 0 Å². The first-order valence-corrected chi connectivity index (χ1v) is 7.23. The quantitative estimate of drug-likeness (QED) is 0.606. The molecule has 21 heavy (non-hydrogen) atoms. The Balaban J connectivity index is 2.43. The third-order valence-corrected chi connectivity index (χ3v) is 3.24. The van der Waals surface area contributed by atoms with Gasteiger partial charge in [0.2, 0.25) is 5.12 Å². The van der Waals surface area contributed by atoms with Crippen molar-refractivity contribution in [2.75, 3.05) is 31.3 Å². The maximum atomic E-state index is 11.7. The Bertz CT molecular complexity index is 518. The van der Waals surface area contributed by atoms with Gasteiger partial charge >= 0.3 is 11.9 Å². The average molecular weight is 311 g/mol. The molecule has 0 aromatic heterocycles. The second kappa shape index (κ2) is 9.02. The highest BCUT2D eigenvalue weighted by molar-refractivity contribution is 8.13. The highest BCUT2D eigenvalue weighted by Crippen LogP contribution is 2.16. The van der Waals surface area contributed by atoms with Crippen LogP contribution in [0.15, 0.2) is 24.3 Å². The number of methoxy groups -OCH3 is 1. The Morgan fingerprint density at radius 2 is 1.95 bits per heavy atom. The molecule has 1 rings (SSSR count). The van der Waals surface area contributed by atoms with E-state index in [0.29, 0.717) is 17.0 Å². The molecule has 0 unspecified atom stereocenters. The lowest BCUT2D eigenvalue weighted by atomic mass is 10.2. The lowest BCUT2D eigenvalue weighted by Crippen LogP contribution is -2.15. The van der Waals surface area contributed by atoms with Crippen molar-refractivity contribution in [2.45, 2.75) is 6.92 Å². The fourth-order valence-corrected chi connectivity index (χ4v) is 2.05. The van der Waals surface area contributed by atoms with Gasteiger partial charge in [-0.1, -0.05) is 23.9 Å². The molecule has 0 radical (unpaired) electrons. The van der Waals surface area contributed by atoms with Crippen LogP contribution in [0.4, 0.5) is 5.69 Å². The molecule has 1 N–H and O–H groups in total. The summed E-state index contributed by atoms with van der Waals surface area (Å²) in [5.41, 5.74) is 0.913. The molecule has 0 aliphatic heterocycles. The fourth-order valence-electron chi connectivity index (χ4n) is 1.48. The molecule has 0 bridgehead atoms. The Morgan fingerprint density at radius 1 is 1.24 bits per heavy atom. The zero-order chi connectivity index (χ0) is 15.7. The van der Waals surface area contributed by atoms with E-state index in [1.807, 2.05) is 0 Å². The molecule has 0 saturated heterocycles. The highest BCUT2D eigenvalue weighted by Gasteiger charge is 2.11. The van der Waals surface area contributed by atoms with E-state index in [1.54, 1.807) is 24.3 Å². The molecular weight excluding hydrogens is 294 g/mol. The molecular formula is C14H17NO5S. The predicted molar refractivity (Wildman–Crippen MR) is 80.4 cm³/mol. The summed E-state index contributed by atoms with van der Waals surface area (Å²) >= 11 is 1.06. The van der Waals surface area contributed by atoms with Crippen LogP contribution in [0, 0.1) is 0 Å². The summed E-state index contributed by atoms with van der Waals surface area (Å²) in [6.45, 7) is 1.58. The molecule has 0 saturated carbocycles. The number of carbonyl (C=O) groups is 3. The van der Waals surface area contributed by atoms with Gasteiger partial charge < -0.3 is 14.8 Å². The van der Waals surface area contributed by atoms with Crippen LogP contribution >= 0.6 is 11.8 Å². The third-order valence-electron chi connectivity index (χ3n) is 2.41. The molecule has 0 fully saturated rings. The zero-order valence-corrected chi connectivity index (χ0v) is 12.7. The molecule has 0 atom stereocenters. The Kier molecular flexibility index (Phi) is 7.31. The summed E-state index contributed by atoms with van der Waals surface area (Å²) in [5, 5.41) is 2.79. The summed E-state index contributed by atoms with van der Waals surface area (Å²) in [6.07, 6.45) is 0. The molecule has 0 spiro atoms. The molecule has 7 heteroatoms. The number of para-hydroxylation sites is 1. The van der Waals surface area contributed by atoms with Crippen LogP contribution in [-0.2, 0) is 19.1 Å². The molecule has 1 aromatic carbocycles. The maximum Gasteiger partial charge on any atom is 0.339 e. The van der Waals surface area contributed by atoms with E-state index in [1.165, 1.54) is 14.0 Å². The second-order valence-electron chi connectivity index (χ2n) is 3.95. The minimum absolute atomic E-state index is 0.0682. The van der Waals surface area contributed by atoms with Crippen LogP contribution in [-0.4, -0.2) is 43.1 Å². The average Bonchev–Trinajstić information content (AvgIpc) is 2.48. The van der Waals surface area contributed by atoms with E-state index < -0.39 is 5.97 Å². The number of carbonyl (C=O) groups excluding carboxylic acids is 3. The van der Waals surface area contributed by atoms with E-state index in [2.05, 4.69) is 10.1 Å². The molecule has 0 heterocycles. The van der Waals surface area contributed by atoms with Gasteiger partial charge in [0.05, 0.1) is 19.2 Å². The highest BCUT2D eigenvalue weighted by atomic mass is 32.2. The van der Waals surface area contributed by atoms with Gasteiger partial charge in [-0.3, -0.25) is 9.59 Å². The second-order valence-corrected chi connectivity index (χ2v) is 5.10. The van der Waals surface area contributed by atoms with E-state index in [-0.39, 0.29) is 24.2 Å². The summed E-state index contributed by atoms with van der Waals surface area (Å²) in [4.78, 5) is 33.8. The van der Waals surface area contributed by atoms with Crippen molar-refractivity contribution < 1.29 is 23.9 Å². The summed E-state index contributed by atoms with van der Waals surface area (Å²) in [6, 6.07) is 6.79. The normalized spacial score (nSPS) is 9.81. The fraction of sp³-hybridized carbons (Fsp3) is 0.357. The number of ether oxygens (including phenoxy) is 2. The number of rotatable bonds is 7. The van der Waals surface area contributed by atoms with Gasteiger partial charge in [-0.05, 0) is 12.1 Å². The number of thioether (sulfide) groups is 1. The number of anilines is 1. The molecule has 1 aromatic rings. The van der Waals surface area contributed by atoms with Gasteiger partial charge in [0.25, 0.3) is 0 Å². The Labute approximate surface area is 127 Å². The van der Waals surface area contributed by atoms with Gasteiger partial charge in [0, 0.05) is 18.4 Å². The van der Waals surface area contributed by atoms with E-state index in [9.17, 15) is 14.4 Å². The standard InChI is InChI=1S/C14H17NO5S/c1-10(16)20-7-8-21-13(17)9-15-12-6-4-3-5-11(12)14(18)19-2/h3-6,15H,7-9H2,1-2H3. The summed E-state index contributed by atoms with van der Waals surface area (Å²) < 4.78 is 9.39. The first kappa shape index (κ1) is 17.0. The molecule has 0 aliphatic carbocycles. The minimum Gasteiger partial charge on any atom is -0.465 e. The van der Waals surface area contributed by atoms with Crippen molar-refractivity contribution >= 4 is 34.5 Å². The van der Waals surface area contributed by atoms with Gasteiger partial charge in [0.1, 0.15) is 6.61 Å². The first-order valence-electron chi connectivity index (χ1n) is 6.24. The van der Waals surface area contributed by atoms with E-state index in [0.717, 1.165) is 11.8 Å². The lowest BCUT2D eigenvalue weighted by Gasteiger charge is -2.09. The number of nitrogens with one attached hydrogen (secondary N) is 1. The van der Waals surface area contributed by atoms with Gasteiger partial charge in [-0.15, -0.1) is 0 Å². The minimum atomic E-state index is -0.465. The zero-order valence-electron chi connectivity index (χ0n) is 11.9. The monoisotopic (exact) mass is 311 g/mol. The van der Waals surface area contributed by atoms with Crippen LogP contribution in [0.5, 0.6) is 0 Å². The molecule has 0 aliphatic rings. The summed E-state index contributed by atoms with van der Waals surface area (Å²) in [7, 11) is 1.30. The largest absolute Gasteiger partial charge is 0.465 e. The topological polar surface area (TPSA) is 81.7 Å². The van der Waals surface area contributed by atoms with E-state index >= 15 is 0 Å². The van der Waals surface area contributed by atoms with Crippen molar-refractivity contribution in [3.05, 3.63) is 29.8 Å². The van der Waals surface area contributed by atoms with Crippen LogP contribution in [0.1, 0.15) is 17.3 Å². The third kappa shape index (κ3) is 6.31. The van der Waals surface area contributed by atoms with Gasteiger partial charge in [-0.2, -0.15) is 0 Å². The van der Waals surface area contributed by atoms with Crippen LogP contribution < -0.4 is 5.32 Å². The molecule has 6 nitrogen and oxygen atoms in total. The van der Waals surface area contributed by atoms with Gasteiger partial charge in [-0.25, -0.2) is 4.79 Å². The predicted octanol–water partition coefficient (Wildman–Crippen LogP) is 1.71. The van der Waals surface area contributed by atoms with Crippen LogP contribution in [0.2, 0.25) is 0 Å². The molecule has 0 amide bonds. The van der Waals surface area contributed by atoms with Gasteiger partial charge in [0.15, 0.2) is 0 Å². The number of esters is 2. The SMILES string of the molecule is COC(=O)c1ccccc1NCC(=O)SCCOC(C)=O. The maximum absolute atomic E-state index is 11.7. The van der Waals surface area contributed by atoms with Crippen LogP contribution in [0.3, 0.4) is 0 Å². The lowest BCUT2D eigenvalue weighted by molar-refractivity contribution is -0.140. The summed E-state index contributed by atoms with van der Waals surface area (Å²) in [5.74, 6) is -0.431. The van der Waals surface area contributed by atoms with Crippen molar-refractivity contribution in [3.8, 4) is 0 Å². The number of benzene rings is 1. The Morgan fingerprint density at radius 3 is 2.62 bits per heavy atom. The molecule has 114 valence electrons. The number of hydrogen-bond donors (Lipinski definition) is 1. The first-order chi connectivity index (χ1) is 10.0. The van der Waals surface area contributed by atoms with Crippen LogP contribution in [0.25, 0.3) is 0 Å². The number of hydrogen-bond acceptors (Lipinski definition) is 7. The van der Waals surface area contributed by atoms with Crippen molar-refractivity contribution in [1.82, 2.24) is 0 Å². The van der Waals surface area contributed by atoms with Crippen molar-refractivity contribution in [2.24, 2.45) is 0 Å².